The lowest BCUT2D eigenvalue weighted by Gasteiger charge is -2.21. The van der Waals surface area contributed by atoms with E-state index in [4.69, 9.17) is 23.3 Å². The Morgan fingerprint density at radius 2 is 0.694 bits per heavy atom. The van der Waals surface area contributed by atoms with Crippen LogP contribution in [0.25, 0.3) is 0 Å². The number of carbonyl (C=O) groups is 3. The van der Waals surface area contributed by atoms with Gasteiger partial charge < -0.3 is 24.2 Å². The Morgan fingerprint density at radius 1 is 0.389 bits per heavy atom. The van der Waals surface area contributed by atoms with E-state index in [9.17, 15) is 28.9 Å². The van der Waals surface area contributed by atoms with Gasteiger partial charge in [-0.2, -0.15) is 0 Å². The lowest BCUT2D eigenvalue weighted by Crippen LogP contribution is -2.30. The van der Waals surface area contributed by atoms with Crippen molar-refractivity contribution in [2.45, 2.75) is 290 Å². The van der Waals surface area contributed by atoms with Gasteiger partial charge in [0.05, 0.1) is 19.8 Å². The summed E-state index contributed by atoms with van der Waals surface area (Å²) in [4.78, 5) is 48.5. The molecule has 0 amide bonds. The Hall–Kier alpha value is -2.56. The number of phosphoric ester groups is 1. The number of allylic oxidation sites excluding steroid dienone is 8. The van der Waals surface area contributed by atoms with Crippen molar-refractivity contribution in [3.63, 3.8) is 0 Å². The molecule has 0 saturated heterocycles. The zero-order valence-electron chi connectivity index (χ0n) is 46.4. The van der Waals surface area contributed by atoms with Gasteiger partial charge in [-0.1, -0.05) is 211 Å². The second-order valence-electron chi connectivity index (χ2n) is 19.8. The minimum absolute atomic E-state index is 0.158. The summed E-state index contributed by atoms with van der Waals surface area (Å²) < 4.78 is 39.5. The van der Waals surface area contributed by atoms with Crippen LogP contribution >= 0.6 is 7.82 Å². The zero-order chi connectivity index (χ0) is 52.7. The quantitative estimate of drug-likeness (QED) is 0.0197. The number of esters is 3. The number of hydrogen-bond donors (Lipinski definition) is 2. The highest BCUT2D eigenvalue weighted by atomic mass is 31.2. The molecule has 3 unspecified atom stereocenters. The van der Waals surface area contributed by atoms with E-state index in [0.29, 0.717) is 19.3 Å². The van der Waals surface area contributed by atoms with Crippen molar-refractivity contribution in [2.24, 2.45) is 0 Å². The van der Waals surface area contributed by atoms with Crippen LogP contribution in [0.1, 0.15) is 278 Å². The van der Waals surface area contributed by atoms with Crippen molar-refractivity contribution in [1.82, 2.24) is 0 Å². The molecule has 0 aromatic carbocycles. The molecule has 0 aromatic rings. The molecule has 3 atom stereocenters. The fraction of sp³-hybridized carbons (Fsp3) is 0.817. The van der Waals surface area contributed by atoms with E-state index in [0.717, 1.165) is 103 Å². The highest BCUT2D eigenvalue weighted by Crippen LogP contribution is 2.43. The average Bonchev–Trinajstić information content (AvgIpc) is 3.37. The molecule has 0 saturated carbocycles. The molecule has 0 aliphatic carbocycles. The van der Waals surface area contributed by atoms with Gasteiger partial charge in [-0.3, -0.25) is 23.4 Å². The minimum Gasteiger partial charge on any atom is -0.462 e. The first-order valence-corrected chi connectivity index (χ1v) is 31.0. The molecule has 11 nitrogen and oxygen atoms in total. The van der Waals surface area contributed by atoms with Crippen LogP contribution in [0.4, 0.5) is 0 Å². The predicted molar refractivity (Wildman–Crippen MR) is 298 cm³/mol. The number of aliphatic hydroxyl groups excluding tert-OH is 1. The van der Waals surface area contributed by atoms with Crippen molar-refractivity contribution in [3.8, 4) is 0 Å². The van der Waals surface area contributed by atoms with Crippen molar-refractivity contribution in [2.75, 3.05) is 26.4 Å². The molecule has 0 aliphatic heterocycles. The topological polar surface area (TPSA) is 155 Å². The van der Waals surface area contributed by atoms with Crippen LogP contribution in [0.15, 0.2) is 48.6 Å². The van der Waals surface area contributed by atoms with Gasteiger partial charge in [0, 0.05) is 19.3 Å². The van der Waals surface area contributed by atoms with E-state index < -0.39 is 57.8 Å². The van der Waals surface area contributed by atoms with Gasteiger partial charge >= 0.3 is 25.7 Å². The molecule has 0 bridgehead atoms. The summed E-state index contributed by atoms with van der Waals surface area (Å²) in [5.74, 6) is -1.48. The molecule has 420 valence electrons. The standard InChI is InChI=1S/C60H109O11P/c1-4-7-10-13-16-19-22-24-26-28-30-32-35-38-41-44-47-50-59(63)70-56(52-61)54-68-72(65,66)69-55-57(53-67-58(62)49-46-43-40-37-34-21-18-15-12-9-6-3)71-60(64)51-48-45-42-39-36-33-31-29-27-25-23-20-17-14-11-8-5-2/h15,17-18,20,24-27,56-57,61H,4-14,16,19,21-23,28-55H2,1-3H3,(H,65,66)/b18-15-,20-17-,26-24-,27-25-. The first kappa shape index (κ1) is 69.4. The largest absolute Gasteiger partial charge is 0.472 e. The van der Waals surface area contributed by atoms with Gasteiger partial charge in [-0.15, -0.1) is 0 Å². The molecule has 0 aliphatic rings. The molecule has 0 spiro atoms. The van der Waals surface area contributed by atoms with E-state index in [1.165, 1.54) is 116 Å². The number of unbranched alkanes of at least 4 members (excludes halogenated alkanes) is 30. The summed E-state index contributed by atoms with van der Waals surface area (Å²) in [5, 5.41) is 9.82. The maximum atomic E-state index is 12.9. The Balaban J connectivity index is 4.66. The second kappa shape index (κ2) is 54.7. The highest BCUT2D eigenvalue weighted by Gasteiger charge is 2.28. The molecule has 0 fully saturated rings. The first-order chi connectivity index (χ1) is 35.2. The maximum absolute atomic E-state index is 12.9. The Kier molecular flexibility index (Phi) is 52.7. The van der Waals surface area contributed by atoms with Crippen LogP contribution < -0.4 is 0 Å². The van der Waals surface area contributed by atoms with Gasteiger partial charge in [0.15, 0.2) is 6.10 Å². The van der Waals surface area contributed by atoms with Crippen LogP contribution in [0.3, 0.4) is 0 Å². The molecule has 0 radical (unpaired) electrons. The molecule has 12 heteroatoms. The summed E-state index contributed by atoms with van der Waals surface area (Å²) in [5.41, 5.74) is 0. The highest BCUT2D eigenvalue weighted by molar-refractivity contribution is 7.47. The van der Waals surface area contributed by atoms with Crippen molar-refractivity contribution in [3.05, 3.63) is 48.6 Å². The number of rotatable bonds is 55. The van der Waals surface area contributed by atoms with E-state index in [-0.39, 0.29) is 25.9 Å². The average molecular weight is 1040 g/mol. The number of carbonyl (C=O) groups excluding carboxylic acids is 3. The number of hydrogen-bond acceptors (Lipinski definition) is 10. The third-order valence-electron chi connectivity index (χ3n) is 12.7. The van der Waals surface area contributed by atoms with Crippen molar-refractivity contribution >= 4 is 25.7 Å². The second-order valence-corrected chi connectivity index (χ2v) is 21.3. The Morgan fingerprint density at radius 3 is 1.11 bits per heavy atom. The van der Waals surface area contributed by atoms with Gasteiger partial charge in [-0.05, 0) is 96.3 Å². The lowest BCUT2D eigenvalue weighted by atomic mass is 10.1. The smallest absolute Gasteiger partial charge is 0.462 e. The molecule has 72 heavy (non-hydrogen) atoms. The van der Waals surface area contributed by atoms with E-state index in [1.54, 1.807) is 0 Å². The van der Waals surface area contributed by atoms with E-state index in [2.05, 4.69) is 69.4 Å². The van der Waals surface area contributed by atoms with Crippen LogP contribution in [0.5, 0.6) is 0 Å². The predicted octanol–water partition coefficient (Wildman–Crippen LogP) is 17.4. The Labute approximate surface area is 441 Å². The summed E-state index contributed by atoms with van der Waals surface area (Å²) in [6, 6.07) is 0. The van der Waals surface area contributed by atoms with E-state index in [1.807, 2.05) is 0 Å². The van der Waals surface area contributed by atoms with Crippen LogP contribution in [-0.2, 0) is 42.2 Å². The molecule has 0 aromatic heterocycles. The minimum atomic E-state index is -4.75. The molecular formula is C60H109O11P. The first-order valence-electron chi connectivity index (χ1n) is 29.5. The van der Waals surface area contributed by atoms with Crippen LogP contribution in [0, 0.1) is 0 Å². The van der Waals surface area contributed by atoms with Gasteiger partial charge in [0.2, 0.25) is 0 Å². The molecular weight excluding hydrogens is 928 g/mol. The van der Waals surface area contributed by atoms with Crippen molar-refractivity contribution < 1.29 is 52.2 Å². The maximum Gasteiger partial charge on any atom is 0.472 e. The number of aliphatic hydroxyl groups is 1. The van der Waals surface area contributed by atoms with E-state index >= 15 is 0 Å². The monoisotopic (exact) mass is 1040 g/mol. The lowest BCUT2D eigenvalue weighted by molar-refractivity contribution is -0.161. The molecule has 0 rings (SSSR count). The fourth-order valence-corrected chi connectivity index (χ4v) is 8.91. The number of ether oxygens (including phenoxy) is 3. The van der Waals surface area contributed by atoms with Crippen LogP contribution in [0.2, 0.25) is 0 Å². The van der Waals surface area contributed by atoms with Gasteiger partial charge in [-0.25, -0.2) is 4.57 Å². The fourth-order valence-electron chi connectivity index (χ4n) is 8.13. The summed E-state index contributed by atoms with van der Waals surface area (Å²) in [6.45, 7) is 4.58. The summed E-state index contributed by atoms with van der Waals surface area (Å²) >= 11 is 0. The zero-order valence-corrected chi connectivity index (χ0v) is 47.3. The summed E-state index contributed by atoms with van der Waals surface area (Å²) in [6.07, 6.45) is 57.8. The third kappa shape index (κ3) is 52.3. The summed E-state index contributed by atoms with van der Waals surface area (Å²) in [7, 11) is -4.75. The van der Waals surface area contributed by atoms with Gasteiger partial charge in [0.25, 0.3) is 0 Å². The Bertz CT molecular complexity index is 1400. The van der Waals surface area contributed by atoms with Crippen LogP contribution in [-0.4, -0.2) is 66.5 Å². The normalized spacial score (nSPS) is 13.7. The van der Waals surface area contributed by atoms with Gasteiger partial charge in [0.1, 0.15) is 12.7 Å². The van der Waals surface area contributed by atoms with Crippen molar-refractivity contribution in [1.29, 1.82) is 0 Å². The SMILES string of the molecule is CCCC/C=C\CCCCCCCC(=O)OCC(COP(=O)(O)OCC(CO)OC(=O)CCCCCCCCC/C=C\CCCCCCCC)OC(=O)CCCCCCCCC/C=C\C/C=C\CCCCC. The molecule has 2 N–H and O–H groups in total. The number of phosphoric acid groups is 1. The molecule has 0 heterocycles. The third-order valence-corrected chi connectivity index (χ3v) is 13.6.